The highest BCUT2D eigenvalue weighted by Crippen LogP contribution is 2.46. The Labute approximate surface area is 130 Å². The quantitative estimate of drug-likeness (QED) is 0.619. The van der Waals surface area contributed by atoms with Crippen LogP contribution in [0.1, 0.15) is 67.2 Å². The number of nitrogens with one attached hydrogen (secondary N) is 1. The van der Waals surface area contributed by atoms with Gasteiger partial charge in [0, 0.05) is 17.5 Å². The van der Waals surface area contributed by atoms with Crippen LogP contribution in [0.25, 0.3) is 0 Å². The van der Waals surface area contributed by atoms with Crippen molar-refractivity contribution in [3.63, 3.8) is 0 Å². The van der Waals surface area contributed by atoms with Crippen LogP contribution in [-0.4, -0.2) is 40.8 Å². The second kappa shape index (κ2) is 5.80. The van der Waals surface area contributed by atoms with Crippen LogP contribution < -0.4 is 11.3 Å². The van der Waals surface area contributed by atoms with Crippen molar-refractivity contribution >= 4 is 0 Å². The molecule has 0 aromatic carbocycles. The van der Waals surface area contributed by atoms with E-state index in [2.05, 4.69) is 51.9 Å². The Balaban J connectivity index is 2.21. The topological polar surface area (TPSA) is 50.5 Å². The largest absolute Gasteiger partial charge is 0.369 e. The lowest BCUT2D eigenvalue weighted by Crippen LogP contribution is -2.65. The zero-order chi connectivity index (χ0) is 15.9. The Morgan fingerprint density at radius 2 is 1.71 bits per heavy atom. The highest BCUT2D eigenvalue weighted by atomic mass is 16.5. The van der Waals surface area contributed by atoms with Crippen LogP contribution in [0.3, 0.4) is 0 Å². The fraction of sp³-hybridized carbons (Fsp3) is 1.00. The number of nitrogens with zero attached hydrogens (tertiary/aromatic N) is 1. The first-order valence-corrected chi connectivity index (χ1v) is 8.51. The standard InChI is InChI=1S/C17H35N3O/c1-15(2)12-13(17(5,6)21-15)14(19-18)16(3,4)20-10-8-7-9-11-20/h13-14,19H,7-12,18H2,1-6H3. The summed E-state index contributed by atoms with van der Waals surface area (Å²) in [6, 6.07) is 0.229. The second-order valence-corrected chi connectivity index (χ2v) is 8.62. The van der Waals surface area contributed by atoms with Crippen molar-refractivity contribution in [3.05, 3.63) is 0 Å². The van der Waals surface area contributed by atoms with Crippen molar-refractivity contribution in [1.29, 1.82) is 0 Å². The van der Waals surface area contributed by atoms with Gasteiger partial charge in [-0.25, -0.2) is 0 Å². The Morgan fingerprint density at radius 3 is 2.14 bits per heavy atom. The molecular weight excluding hydrogens is 262 g/mol. The monoisotopic (exact) mass is 297 g/mol. The van der Waals surface area contributed by atoms with E-state index >= 15 is 0 Å². The number of piperidine rings is 1. The van der Waals surface area contributed by atoms with E-state index in [1.807, 2.05) is 0 Å². The minimum atomic E-state index is -0.145. The molecule has 2 heterocycles. The lowest BCUT2D eigenvalue weighted by atomic mass is 9.73. The summed E-state index contributed by atoms with van der Waals surface area (Å²) in [5.41, 5.74) is 2.98. The molecule has 0 saturated carbocycles. The summed E-state index contributed by atoms with van der Waals surface area (Å²) in [5.74, 6) is 6.43. The molecule has 2 aliphatic rings. The molecule has 2 atom stereocenters. The van der Waals surface area contributed by atoms with Crippen LogP contribution in [-0.2, 0) is 4.74 Å². The molecule has 2 aliphatic heterocycles. The van der Waals surface area contributed by atoms with Gasteiger partial charge in [0.1, 0.15) is 0 Å². The summed E-state index contributed by atoms with van der Waals surface area (Å²) in [7, 11) is 0. The first kappa shape index (κ1) is 17.2. The number of rotatable bonds is 4. The van der Waals surface area contributed by atoms with E-state index in [0.29, 0.717) is 5.92 Å². The zero-order valence-corrected chi connectivity index (χ0v) is 14.8. The Morgan fingerprint density at radius 1 is 1.14 bits per heavy atom. The average Bonchev–Trinajstić information content (AvgIpc) is 2.59. The average molecular weight is 297 g/mol. The van der Waals surface area contributed by atoms with Crippen molar-refractivity contribution in [1.82, 2.24) is 10.3 Å². The molecule has 0 aliphatic carbocycles. The summed E-state index contributed by atoms with van der Waals surface area (Å²) in [4.78, 5) is 2.61. The summed E-state index contributed by atoms with van der Waals surface area (Å²) in [6.45, 7) is 15.8. The third-order valence-corrected chi connectivity index (χ3v) is 5.66. The summed E-state index contributed by atoms with van der Waals surface area (Å²) in [6.07, 6.45) is 5.01. The highest BCUT2D eigenvalue weighted by molar-refractivity contribution is 5.06. The molecule has 0 bridgehead atoms. The van der Waals surface area contributed by atoms with Gasteiger partial charge < -0.3 is 4.74 Å². The third-order valence-electron chi connectivity index (χ3n) is 5.66. The lowest BCUT2D eigenvalue weighted by Gasteiger charge is -2.49. The van der Waals surface area contributed by atoms with Crippen LogP contribution in [0.5, 0.6) is 0 Å². The molecule has 3 N–H and O–H groups in total. The minimum absolute atomic E-state index is 0.0425. The highest BCUT2D eigenvalue weighted by Gasteiger charge is 2.53. The van der Waals surface area contributed by atoms with Crippen LogP contribution in [0.2, 0.25) is 0 Å². The van der Waals surface area contributed by atoms with Crippen LogP contribution in [0.15, 0.2) is 0 Å². The van der Waals surface area contributed by atoms with E-state index < -0.39 is 0 Å². The first-order chi connectivity index (χ1) is 9.60. The Kier molecular flexibility index (Phi) is 4.75. The maximum atomic E-state index is 6.30. The van der Waals surface area contributed by atoms with Gasteiger partial charge in [0.2, 0.25) is 0 Å². The van der Waals surface area contributed by atoms with Gasteiger partial charge in [-0.05, 0) is 73.9 Å². The number of hydrogen-bond donors (Lipinski definition) is 2. The molecule has 0 radical (unpaired) electrons. The van der Waals surface area contributed by atoms with Gasteiger partial charge in [-0.3, -0.25) is 16.2 Å². The zero-order valence-electron chi connectivity index (χ0n) is 14.8. The van der Waals surface area contributed by atoms with E-state index in [1.54, 1.807) is 0 Å². The van der Waals surface area contributed by atoms with Crippen molar-refractivity contribution in [2.45, 2.75) is 90.0 Å². The van der Waals surface area contributed by atoms with Crippen molar-refractivity contribution in [3.8, 4) is 0 Å². The smallest absolute Gasteiger partial charge is 0.0678 e. The number of nitrogens with two attached hydrogens (primary N) is 1. The summed E-state index contributed by atoms with van der Waals surface area (Å²) < 4.78 is 6.30. The van der Waals surface area contributed by atoms with Gasteiger partial charge >= 0.3 is 0 Å². The fourth-order valence-electron chi connectivity index (χ4n) is 4.60. The predicted molar refractivity (Wildman–Crippen MR) is 88.0 cm³/mol. The number of likely N-dealkylation sites (tertiary alicyclic amines) is 1. The van der Waals surface area contributed by atoms with Gasteiger partial charge in [-0.2, -0.15) is 0 Å². The van der Waals surface area contributed by atoms with Crippen molar-refractivity contribution in [2.75, 3.05) is 13.1 Å². The van der Waals surface area contributed by atoms with Crippen molar-refractivity contribution < 1.29 is 4.74 Å². The summed E-state index contributed by atoms with van der Waals surface area (Å²) in [5, 5.41) is 0. The van der Waals surface area contributed by atoms with Gasteiger partial charge in [0.25, 0.3) is 0 Å². The minimum Gasteiger partial charge on any atom is -0.369 e. The molecule has 4 nitrogen and oxygen atoms in total. The molecule has 2 unspecified atom stereocenters. The molecule has 0 amide bonds. The SMILES string of the molecule is CC1(C)CC(C(NN)C(C)(C)N2CCCCC2)C(C)(C)O1. The molecule has 0 aromatic heterocycles. The van der Waals surface area contributed by atoms with E-state index in [9.17, 15) is 0 Å². The van der Waals surface area contributed by atoms with Crippen molar-refractivity contribution in [2.24, 2.45) is 11.8 Å². The van der Waals surface area contributed by atoms with Crippen LogP contribution in [0, 0.1) is 5.92 Å². The van der Waals surface area contributed by atoms with Gasteiger partial charge in [0.15, 0.2) is 0 Å². The molecule has 0 aromatic rings. The molecule has 0 spiro atoms. The van der Waals surface area contributed by atoms with E-state index in [4.69, 9.17) is 10.6 Å². The molecule has 4 heteroatoms. The molecule has 124 valence electrons. The Bertz CT molecular complexity index is 359. The van der Waals surface area contributed by atoms with E-state index in [-0.39, 0.29) is 22.8 Å². The predicted octanol–water partition coefficient (Wildman–Crippen LogP) is 2.68. The fourth-order valence-corrected chi connectivity index (χ4v) is 4.60. The maximum Gasteiger partial charge on any atom is 0.0678 e. The summed E-state index contributed by atoms with van der Waals surface area (Å²) >= 11 is 0. The van der Waals surface area contributed by atoms with Crippen LogP contribution >= 0.6 is 0 Å². The number of hydrazine groups is 1. The van der Waals surface area contributed by atoms with Crippen LogP contribution in [0.4, 0.5) is 0 Å². The molecule has 2 rings (SSSR count). The van der Waals surface area contributed by atoms with Gasteiger partial charge in [-0.15, -0.1) is 0 Å². The van der Waals surface area contributed by atoms with Gasteiger partial charge in [-0.1, -0.05) is 6.42 Å². The van der Waals surface area contributed by atoms with E-state index in [0.717, 1.165) is 6.42 Å². The third kappa shape index (κ3) is 3.44. The molecule has 21 heavy (non-hydrogen) atoms. The molecule has 2 saturated heterocycles. The Hall–Kier alpha value is -0.160. The normalized spacial score (nSPS) is 31.3. The number of ether oxygens (including phenoxy) is 1. The lowest BCUT2D eigenvalue weighted by molar-refractivity contribution is -0.0853. The molecule has 2 fully saturated rings. The van der Waals surface area contributed by atoms with E-state index in [1.165, 1.54) is 32.4 Å². The number of hydrogen-bond acceptors (Lipinski definition) is 4. The molecular formula is C17H35N3O. The second-order valence-electron chi connectivity index (χ2n) is 8.62. The van der Waals surface area contributed by atoms with Gasteiger partial charge in [0.05, 0.1) is 11.2 Å². The first-order valence-electron chi connectivity index (χ1n) is 8.51. The maximum absolute atomic E-state index is 6.30.